The molecule has 0 aliphatic carbocycles. The number of aromatic nitrogens is 4. The number of hydrogen-bond donors (Lipinski definition) is 0. The number of rotatable bonds is 12. The Morgan fingerprint density at radius 1 is 0.494 bits per heavy atom. The SMILES string of the molecule is [2H]c1c([2H])c([2H])c(-c2cccc(-c3c([2H])c([2H])c([2H])c([2H])c3[2H])c2-[n+]2[c-]n(-c3[c-]c(Oc4[c-]c5c(cc4)c4ccccc4n5-c4cc(C(C)(C)C)ccn4)ccc3)c3cc(-c4ccc([Si](c5ccccc5)(c5ccccc5)c5ccccc5)cc4)ccc32)c([2H])c1[2H].[Pt]. The summed E-state index contributed by atoms with van der Waals surface area (Å²) >= 11 is 0. The van der Waals surface area contributed by atoms with E-state index in [1.807, 2.05) is 85.1 Å². The second-order valence-electron chi connectivity index (χ2n) is 21.2. The molecule has 0 amide bonds. The third-order valence-corrected chi connectivity index (χ3v) is 20.1. The van der Waals surface area contributed by atoms with E-state index in [-0.39, 0.29) is 54.4 Å². The van der Waals surface area contributed by atoms with Gasteiger partial charge in [0, 0.05) is 44.3 Å². The Labute approximate surface area is 514 Å². The van der Waals surface area contributed by atoms with Crippen LogP contribution in [0.2, 0.25) is 0 Å². The molecule has 0 bridgehead atoms. The smallest absolute Gasteiger partial charge is 0.268 e. The predicted molar refractivity (Wildman–Crippen MR) is 339 cm³/mol. The van der Waals surface area contributed by atoms with Crippen molar-refractivity contribution in [3.05, 3.63) is 309 Å². The first kappa shape index (κ1) is 42.4. The summed E-state index contributed by atoms with van der Waals surface area (Å²) in [6.07, 6.45) is 5.40. The van der Waals surface area contributed by atoms with Crippen molar-refractivity contribution < 1.29 is 44.1 Å². The van der Waals surface area contributed by atoms with Crippen molar-refractivity contribution in [2.45, 2.75) is 26.2 Å². The van der Waals surface area contributed by atoms with Crippen LogP contribution in [0.15, 0.2) is 285 Å². The van der Waals surface area contributed by atoms with Gasteiger partial charge in [-0.25, -0.2) is 4.98 Å². The van der Waals surface area contributed by atoms with Crippen LogP contribution in [0, 0.1) is 18.5 Å². The minimum Gasteiger partial charge on any atom is -0.510 e. The molecule has 0 saturated carbocycles. The van der Waals surface area contributed by atoms with E-state index in [1.165, 1.54) is 20.7 Å². The summed E-state index contributed by atoms with van der Waals surface area (Å²) in [7, 11) is -2.90. The summed E-state index contributed by atoms with van der Waals surface area (Å²) in [5.74, 6) is 1.50. The molecule has 402 valence electrons. The molecule has 14 rings (SSSR count). The zero-order chi connectivity index (χ0) is 63.9. The molecular formula is C76H56N4OPtSi-2. The zero-order valence-corrected chi connectivity index (χ0v) is 48.6. The van der Waals surface area contributed by atoms with Crippen LogP contribution < -0.4 is 30.1 Å². The van der Waals surface area contributed by atoms with Crippen LogP contribution in [0.5, 0.6) is 11.5 Å². The minimum absolute atomic E-state index is 0. The number of imidazole rings is 1. The average molecular weight is 1270 g/mol. The summed E-state index contributed by atoms with van der Waals surface area (Å²) in [6, 6.07) is 75.0. The Morgan fingerprint density at radius 3 is 1.69 bits per heavy atom. The van der Waals surface area contributed by atoms with Gasteiger partial charge in [-0.05, 0) is 100 Å². The molecule has 7 heteroatoms. The van der Waals surface area contributed by atoms with Crippen LogP contribution in [-0.2, 0) is 26.5 Å². The van der Waals surface area contributed by atoms with E-state index in [4.69, 9.17) is 17.9 Å². The van der Waals surface area contributed by atoms with Gasteiger partial charge in [-0.15, -0.1) is 29.7 Å². The van der Waals surface area contributed by atoms with Crippen LogP contribution >= 0.6 is 0 Å². The number of fused-ring (bicyclic) bond motifs is 4. The Kier molecular flexibility index (Phi) is 11.3. The molecule has 3 aromatic heterocycles. The fourth-order valence-electron chi connectivity index (χ4n) is 11.5. The van der Waals surface area contributed by atoms with Crippen molar-refractivity contribution in [3.8, 4) is 62.1 Å². The summed E-state index contributed by atoms with van der Waals surface area (Å²) in [4.78, 5) is 4.86. The number of hydrogen-bond acceptors (Lipinski definition) is 2. The normalized spacial score (nSPS) is 13.4. The van der Waals surface area contributed by atoms with Gasteiger partial charge in [-0.1, -0.05) is 251 Å². The van der Waals surface area contributed by atoms with Crippen LogP contribution in [0.3, 0.4) is 0 Å². The average Bonchev–Trinajstić information content (AvgIpc) is 1.71. The topological polar surface area (TPSA) is 35.9 Å². The summed E-state index contributed by atoms with van der Waals surface area (Å²) in [6.45, 7) is 6.52. The maximum absolute atomic E-state index is 9.31. The third kappa shape index (κ3) is 9.64. The standard InChI is InChI=1S/C76H56N4OSi.Pt/c1-76(2,3)58-47-48-77-74(50-58)80-70-38-20-19-35-68(70)69-45-42-61(52-72(69)80)81-60-28-21-27-59(51-60)78-53-79(75-66(55-23-9-4-10-24-55)36-22-37-67(75)56-25-11-5-12-26-56)71-46-41-57(49-73(71)78)54-39-43-65(44-40-54)82(62-29-13-6-14-30-62,63-31-15-7-16-32-63)64-33-17-8-18-34-64;/h4-50H,1-3H3;/q-2;/i4D,5D,9D,10D,11D,12D,23D,24D,25D,26D;. The van der Waals surface area contributed by atoms with E-state index in [1.54, 1.807) is 33.4 Å². The van der Waals surface area contributed by atoms with Gasteiger partial charge < -0.3 is 13.9 Å². The molecule has 5 nitrogen and oxygen atoms in total. The molecule has 0 radical (unpaired) electrons. The van der Waals surface area contributed by atoms with Gasteiger partial charge in [0.1, 0.15) is 5.82 Å². The Bertz CT molecular complexity index is 5010. The van der Waals surface area contributed by atoms with Gasteiger partial charge >= 0.3 is 0 Å². The van der Waals surface area contributed by atoms with E-state index in [0.29, 0.717) is 28.2 Å². The molecule has 0 N–H and O–H groups in total. The van der Waals surface area contributed by atoms with E-state index >= 15 is 0 Å². The number of nitrogens with zero attached hydrogens (tertiary/aromatic N) is 4. The first-order valence-corrected chi connectivity index (χ1v) is 29.1. The molecule has 3 heterocycles. The molecule has 83 heavy (non-hydrogen) atoms. The number of ether oxygens (including phenoxy) is 1. The van der Waals surface area contributed by atoms with Gasteiger partial charge in [0.05, 0.1) is 30.4 Å². The summed E-state index contributed by atoms with van der Waals surface area (Å²) in [5.41, 5.74) is 6.06. The fraction of sp³-hybridized carbons (Fsp3) is 0.0526. The summed E-state index contributed by atoms with van der Waals surface area (Å²) in [5, 5.41) is 6.89. The first-order chi connectivity index (χ1) is 44.4. The van der Waals surface area contributed by atoms with Crippen LogP contribution in [-0.4, -0.2) is 22.2 Å². The number of benzene rings is 11. The predicted octanol–water partition coefficient (Wildman–Crippen LogP) is 15.3. The van der Waals surface area contributed by atoms with E-state index in [2.05, 4.69) is 159 Å². The zero-order valence-electron chi connectivity index (χ0n) is 55.4. The first-order valence-electron chi connectivity index (χ1n) is 32.1. The van der Waals surface area contributed by atoms with Gasteiger partial charge in [-0.3, -0.25) is 4.57 Å². The fourth-order valence-corrected chi connectivity index (χ4v) is 16.2. The second-order valence-corrected chi connectivity index (χ2v) is 25.0. The maximum Gasteiger partial charge on any atom is 0.268 e. The molecule has 0 fully saturated rings. The second kappa shape index (κ2) is 22.1. The largest absolute Gasteiger partial charge is 0.510 e. The van der Waals surface area contributed by atoms with Crippen LogP contribution in [0.4, 0.5) is 0 Å². The molecule has 0 aliphatic rings. The quantitative estimate of drug-likeness (QED) is 0.0529. The number of pyridine rings is 1. The molecule has 0 unspecified atom stereocenters. The molecule has 0 spiro atoms. The monoisotopic (exact) mass is 1270 g/mol. The third-order valence-electron chi connectivity index (χ3n) is 15.3. The van der Waals surface area contributed by atoms with E-state index in [9.17, 15) is 5.48 Å². The maximum atomic E-state index is 9.31. The molecule has 0 aliphatic heterocycles. The van der Waals surface area contributed by atoms with Crippen molar-refractivity contribution in [1.29, 1.82) is 0 Å². The Morgan fingerprint density at radius 2 is 1.06 bits per heavy atom. The van der Waals surface area contributed by atoms with Gasteiger partial charge in [-0.2, -0.15) is 18.2 Å². The van der Waals surface area contributed by atoms with Gasteiger partial charge in [0.2, 0.25) is 0 Å². The molecule has 14 aromatic rings. The summed E-state index contributed by atoms with van der Waals surface area (Å²) < 4.78 is 102. The van der Waals surface area contributed by atoms with Gasteiger partial charge in [0.25, 0.3) is 6.33 Å². The van der Waals surface area contributed by atoms with Crippen molar-refractivity contribution in [1.82, 2.24) is 14.1 Å². The molecule has 0 saturated heterocycles. The van der Waals surface area contributed by atoms with Crippen molar-refractivity contribution in [2.24, 2.45) is 0 Å². The van der Waals surface area contributed by atoms with Crippen LogP contribution in [0.25, 0.3) is 83.4 Å². The molecular weight excluding hydrogens is 1210 g/mol. The van der Waals surface area contributed by atoms with E-state index < -0.39 is 68.5 Å². The van der Waals surface area contributed by atoms with Gasteiger partial charge in [0.15, 0.2) is 8.07 Å². The van der Waals surface area contributed by atoms with Crippen molar-refractivity contribution in [2.75, 3.05) is 0 Å². The number of para-hydroxylation sites is 2. The molecule has 11 aromatic carbocycles. The van der Waals surface area contributed by atoms with Crippen molar-refractivity contribution >= 4 is 61.7 Å². The van der Waals surface area contributed by atoms with E-state index in [0.717, 1.165) is 44.3 Å². The Balaban J connectivity index is 0.00000787. The minimum atomic E-state index is -2.90. The van der Waals surface area contributed by atoms with Crippen LogP contribution in [0.1, 0.15) is 40.0 Å². The Hall–Kier alpha value is -9.45. The molecule has 0 atom stereocenters. The van der Waals surface area contributed by atoms with Crippen molar-refractivity contribution in [3.63, 3.8) is 0 Å².